The third-order valence-corrected chi connectivity index (χ3v) is 7.33. The highest BCUT2D eigenvalue weighted by molar-refractivity contribution is 5.88. The lowest BCUT2D eigenvalue weighted by molar-refractivity contribution is -0.151. The summed E-state index contributed by atoms with van der Waals surface area (Å²) >= 11 is 0. The minimum absolute atomic E-state index is 0.0145. The fourth-order valence-electron chi connectivity index (χ4n) is 5.51. The first-order valence-electron chi connectivity index (χ1n) is 9.31. The Morgan fingerprint density at radius 3 is 2.62 bits per heavy atom. The molecule has 0 radical (unpaired) electrons. The number of aliphatic carboxylic acids is 1. The first-order chi connectivity index (χ1) is 12.1. The molecule has 26 heavy (non-hydrogen) atoms. The molecule has 144 valence electrons. The van der Waals surface area contributed by atoms with E-state index in [1.807, 2.05) is 6.92 Å². The third-order valence-electron chi connectivity index (χ3n) is 7.33. The topological polar surface area (TPSA) is 104 Å². The molecule has 0 aromatic rings. The van der Waals surface area contributed by atoms with Crippen molar-refractivity contribution in [2.45, 2.75) is 65.3 Å². The van der Waals surface area contributed by atoms with E-state index in [1.165, 1.54) is 6.08 Å². The van der Waals surface area contributed by atoms with Gasteiger partial charge in [-0.05, 0) is 49.4 Å². The van der Waals surface area contributed by atoms with E-state index >= 15 is 0 Å². The number of aliphatic hydroxyl groups excluding tert-OH is 2. The second kappa shape index (κ2) is 6.50. The Labute approximate surface area is 153 Å². The van der Waals surface area contributed by atoms with Gasteiger partial charge in [0.05, 0.1) is 6.10 Å². The largest absolute Gasteiger partial charge is 0.478 e. The molecule has 1 fully saturated rings. The Bertz CT molecular complexity index is 680. The van der Waals surface area contributed by atoms with Gasteiger partial charge in [-0.25, -0.2) is 9.59 Å². The molecule has 3 aliphatic rings. The molecule has 6 nitrogen and oxygen atoms in total. The monoisotopic (exact) mass is 364 g/mol. The summed E-state index contributed by atoms with van der Waals surface area (Å²) in [5.74, 6) is -1.27. The SMILES string of the molecule is CC1CC(O)C2(C)C(C(=O)O)=CCCC2C1(C)CCC1=CC(=O)OC1O. The highest BCUT2D eigenvalue weighted by atomic mass is 16.6. The normalized spacial score (nSPS) is 42.6. The van der Waals surface area contributed by atoms with Crippen LogP contribution in [0.3, 0.4) is 0 Å². The first-order valence-corrected chi connectivity index (χ1v) is 9.31. The van der Waals surface area contributed by atoms with Crippen LogP contribution >= 0.6 is 0 Å². The Morgan fingerprint density at radius 2 is 2.04 bits per heavy atom. The summed E-state index contributed by atoms with van der Waals surface area (Å²) in [4.78, 5) is 23.2. The van der Waals surface area contributed by atoms with Crippen LogP contribution < -0.4 is 0 Å². The maximum Gasteiger partial charge on any atom is 0.333 e. The van der Waals surface area contributed by atoms with Crippen molar-refractivity contribution in [2.75, 3.05) is 0 Å². The molecule has 6 heteroatoms. The average Bonchev–Trinajstić information content (AvgIpc) is 2.88. The van der Waals surface area contributed by atoms with Crippen molar-refractivity contribution in [3.8, 4) is 0 Å². The number of ether oxygens (including phenoxy) is 1. The van der Waals surface area contributed by atoms with E-state index in [4.69, 9.17) is 4.74 Å². The summed E-state index contributed by atoms with van der Waals surface area (Å²) in [5, 5.41) is 30.3. The smallest absolute Gasteiger partial charge is 0.333 e. The number of carboxylic acid groups (broad SMARTS) is 1. The molecule has 0 spiro atoms. The maximum absolute atomic E-state index is 11.8. The molecule has 6 atom stereocenters. The van der Waals surface area contributed by atoms with Gasteiger partial charge in [-0.2, -0.15) is 0 Å². The van der Waals surface area contributed by atoms with Gasteiger partial charge in [0.2, 0.25) is 6.29 Å². The van der Waals surface area contributed by atoms with Gasteiger partial charge in [-0.15, -0.1) is 0 Å². The summed E-state index contributed by atoms with van der Waals surface area (Å²) in [6.45, 7) is 6.13. The van der Waals surface area contributed by atoms with Crippen LogP contribution in [0.5, 0.6) is 0 Å². The number of rotatable bonds is 4. The van der Waals surface area contributed by atoms with Crippen molar-refractivity contribution < 1.29 is 29.6 Å². The van der Waals surface area contributed by atoms with Crippen LogP contribution in [0, 0.1) is 22.7 Å². The second-order valence-electron chi connectivity index (χ2n) is 8.50. The van der Waals surface area contributed by atoms with E-state index in [0.29, 0.717) is 36.8 Å². The molecule has 1 saturated carbocycles. The summed E-state index contributed by atoms with van der Waals surface area (Å²) in [6.07, 6.45) is 4.49. The summed E-state index contributed by atoms with van der Waals surface area (Å²) < 4.78 is 4.76. The van der Waals surface area contributed by atoms with E-state index in [-0.39, 0.29) is 17.3 Å². The van der Waals surface area contributed by atoms with Crippen LogP contribution in [-0.2, 0) is 14.3 Å². The minimum Gasteiger partial charge on any atom is -0.478 e. The molecule has 0 aromatic heterocycles. The van der Waals surface area contributed by atoms with Crippen molar-refractivity contribution >= 4 is 11.9 Å². The van der Waals surface area contributed by atoms with Crippen LogP contribution in [0.2, 0.25) is 0 Å². The Balaban J connectivity index is 1.91. The van der Waals surface area contributed by atoms with Gasteiger partial charge < -0.3 is 20.1 Å². The molecular formula is C20H28O6. The van der Waals surface area contributed by atoms with Crippen LogP contribution in [0.1, 0.15) is 52.9 Å². The Morgan fingerprint density at radius 1 is 1.35 bits per heavy atom. The van der Waals surface area contributed by atoms with Gasteiger partial charge in [0.1, 0.15) is 0 Å². The van der Waals surface area contributed by atoms with Crippen LogP contribution in [0.15, 0.2) is 23.3 Å². The lowest BCUT2D eigenvalue weighted by atomic mass is 9.45. The molecule has 1 heterocycles. The lowest BCUT2D eigenvalue weighted by Gasteiger charge is -2.59. The van der Waals surface area contributed by atoms with Gasteiger partial charge in [0.15, 0.2) is 0 Å². The number of carbonyl (C=O) groups excluding carboxylic acids is 1. The predicted molar refractivity (Wildman–Crippen MR) is 93.9 cm³/mol. The van der Waals surface area contributed by atoms with E-state index in [9.17, 15) is 24.9 Å². The predicted octanol–water partition coefficient (Wildman–Crippen LogP) is 2.40. The van der Waals surface area contributed by atoms with Crippen LogP contribution in [-0.4, -0.2) is 39.7 Å². The first kappa shape index (κ1) is 19.1. The Hall–Kier alpha value is -1.66. The molecule has 1 aliphatic heterocycles. The fraction of sp³-hybridized carbons (Fsp3) is 0.700. The second-order valence-corrected chi connectivity index (χ2v) is 8.50. The van der Waals surface area contributed by atoms with Crippen molar-refractivity contribution in [2.24, 2.45) is 22.7 Å². The molecule has 6 unspecified atom stereocenters. The van der Waals surface area contributed by atoms with Crippen molar-refractivity contribution in [1.82, 2.24) is 0 Å². The molecular weight excluding hydrogens is 336 g/mol. The number of carbonyl (C=O) groups is 2. The van der Waals surface area contributed by atoms with Crippen LogP contribution in [0.4, 0.5) is 0 Å². The molecule has 3 N–H and O–H groups in total. The number of carboxylic acids is 1. The molecule has 0 amide bonds. The molecule has 0 aromatic carbocycles. The van der Waals surface area contributed by atoms with Gasteiger partial charge in [-0.1, -0.05) is 26.8 Å². The van der Waals surface area contributed by atoms with Crippen LogP contribution in [0.25, 0.3) is 0 Å². The van der Waals surface area contributed by atoms with E-state index < -0.39 is 29.7 Å². The van der Waals surface area contributed by atoms with E-state index in [2.05, 4.69) is 13.8 Å². The number of hydrogen-bond donors (Lipinski definition) is 3. The fourth-order valence-corrected chi connectivity index (χ4v) is 5.51. The number of hydrogen-bond acceptors (Lipinski definition) is 5. The minimum atomic E-state index is -1.18. The van der Waals surface area contributed by atoms with E-state index in [1.54, 1.807) is 6.08 Å². The standard InChI is InChI=1S/C20H28O6/c1-11-9-15(21)20(3)13(17(23)24)5-4-6-14(20)19(11,2)8-7-12-10-16(22)26-18(12)25/h5,10-11,14-15,18,21,25H,4,6-9H2,1-3H3,(H,23,24). The summed E-state index contributed by atoms with van der Waals surface area (Å²) in [6, 6.07) is 0. The Kier molecular flexibility index (Phi) is 4.78. The third kappa shape index (κ3) is 2.79. The quantitative estimate of drug-likeness (QED) is 0.662. The molecule has 2 aliphatic carbocycles. The van der Waals surface area contributed by atoms with Crippen molar-refractivity contribution in [1.29, 1.82) is 0 Å². The van der Waals surface area contributed by atoms with Crippen molar-refractivity contribution in [3.05, 3.63) is 23.3 Å². The zero-order valence-electron chi connectivity index (χ0n) is 15.6. The number of esters is 1. The highest BCUT2D eigenvalue weighted by Crippen LogP contribution is 2.62. The number of allylic oxidation sites excluding steroid dienone is 1. The van der Waals surface area contributed by atoms with E-state index in [0.717, 1.165) is 6.42 Å². The summed E-state index contributed by atoms with van der Waals surface area (Å²) in [7, 11) is 0. The molecule has 0 saturated heterocycles. The van der Waals surface area contributed by atoms with Crippen molar-refractivity contribution in [3.63, 3.8) is 0 Å². The number of cyclic esters (lactones) is 1. The zero-order chi connectivity index (χ0) is 19.3. The highest BCUT2D eigenvalue weighted by Gasteiger charge is 2.59. The number of aliphatic hydroxyl groups is 2. The van der Waals surface area contributed by atoms with Gasteiger partial charge in [-0.3, -0.25) is 0 Å². The molecule has 3 rings (SSSR count). The average molecular weight is 364 g/mol. The lowest BCUT2D eigenvalue weighted by Crippen LogP contribution is -2.57. The van der Waals surface area contributed by atoms with Gasteiger partial charge in [0.25, 0.3) is 0 Å². The molecule has 0 bridgehead atoms. The number of fused-ring (bicyclic) bond motifs is 1. The van der Waals surface area contributed by atoms with Gasteiger partial charge >= 0.3 is 11.9 Å². The summed E-state index contributed by atoms with van der Waals surface area (Å²) in [5.41, 5.74) is -0.116. The van der Waals surface area contributed by atoms with Gasteiger partial charge in [0, 0.05) is 22.6 Å². The maximum atomic E-state index is 11.8. The zero-order valence-corrected chi connectivity index (χ0v) is 15.6.